The van der Waals surface area contributed by atoms with E-state index in [1.165, 1.54) is 5.56 Å². The van der Waals surface area contributed by atoms with Crippen LogP contribution in [0.15, 0.2) is 65.8 Å². The van der Waals surface area contributed by atoms with E-state index in [-0.39, 0.29) is 24.0 Å². The van der Waals surface area contributed by atoms with E-state index in [2.05, 4.69) is 21.6 Å². The Bertz CT molecular complexity index is 924. The van der Waals surface area contributed by atoms with Crippen LogP contribution >= 0.6 is 24.0 Å². The summed E-state index contributed by atoms with van der Waals surface area (Å²) in [5.74, 6) is 0.417. The standard InChI is InChI=1S/C22H27N5O.HI/c1-17-18(15-27(26-17)20-11-4-3-5-12-20)10-8-14-24-22(23)25-21-13-7-6-9-19(21)16-28-2;/h3-7,9,11-13,15H,8,10,14,16H2,1-2H3,(H3,23,24,25);1H. The fraction of sp³-hybridized carbons (Fsp3) is 0.273. The Morgan fingerprint density at radius 3 is 2.59 bits per heavy atom. The predicted octanol–water partition coefficient (Wildman–Crippen LogP) is 4.30. The van der Waals surface area contributed by atoms with Crippen molar-refractivity contribution in [2.45, 2.75) is 26.4 Å². The van der Waals surface area contributed by atoms with Crippen molar-refractivity contribution < 1.29 is 4.74 Å². The van der Waals surface area contributed by atoms with Crippen LogP contribution in [0.5, 0.6) is 0 Å². The Balaban J connectivity index is 0.00000300. The number of anilines is 1. The summed E-state index contributed by atoms with van der Waals surface area (Å²) in [6, 6.07) is 18.0. The molecule has 7 heteroatoms. The second-order valence-corrected chi connectivity index (χ2v) is 6.61. The second kappa shape index (κ2) is 11.6. The largest absolute Gasteiger partial charge is 0.380 e. The van der Waals surface area contributed by atoms with Crippen molar-refractivity contribution in [3.63, 3.8) is 0 Å². The number of nitrogens with two attached hydrogens (primary N) is 1. The Kier molecular flexibility index (Phi) is 9.14. The number of benzene rings is 2. The minimum absolute atomic E-state index is 0. The van der Waals surface area contributed by atoms with Crippen LogP contribution in [-0.4, -0.2) is 29.4 Å². The molecule has 0 aliphatic heterocycles. The molecule has 0 aliphatic carbocycles. The van der Waals surface area contributed by atoms with Crippen LogP contribution in [0, 0.1) is 6.92 Å². The van der Waals surface area contributed by atoms with Crippen molar-refractivity contribution in [2.24, 2.45) is 10.7 Å². The van der Waals surface area contributed by atoms with E-state index in [0.29, 0.717) is 19.1 Å². The van der Waals surface area contributed by atoms with Crippen LogP contribution in [0.4, 0.5) is 5.69 Å². The minimum Gasteiger partial charge on any atom is -0.380 e. The number of aliphatic imine (C=N–C) groups is 1. The van der Waals surface area contributed by atoms with Crippen molar-refractivity contribution in [3.05, 3.63) is 77.6 Å². The Morgan fingerprint density at radius 1 is 1.10 bits per heavy atom. The van der Waals surface area contributed by atoms with Gasteiger partial charge >= 0.3 is 0 Å². The molecule has 3 rings (SSSR count). The number of para-hydroxylation sites is 2. The van der Waals surface area contributed by atoms with Gasteiger partial charge in [0.15, 0.2) is 5.96 Å². The molecule has 29 heavy (non-hydrogen) atoms. The summed E-state index contributed by atoms with van der Waals surface area (Å²) in [6.45, 7) is 3.23. The van der Waals surface area contributed by atoms with E-state index < -0.39 is 0 Å². The maximum Gasteiger partial charge on any atom is 0.193 e. The molecule has 0 radical (unpaired) electrons. The van der Waals surface area contributed by atoms with Gasteiger partial charge < -0.3 is 15.8 Å². The molecule has 6 nitrogen and oxygen atoms in total. The van der Waals surface area contributed by atoms with Gasteiger partial charge in [-0.3, -0.25) is 4.99 Å². The molecule has 154 valence electrons. The number of halogens is 1. The van der Waals surface area contributed by atoms with E-state index >= 15 is 0 Å². The molecule has 3 aromatic rings. The first-order valence-electron chi connectivity index (χ1n) is 9.41. The van der Waals surface area contributed by atoms with Crippen LogP contribution < -0.4 is 11.1 Å². The number of nitrogens with one attached hydrogen (secondary N) is 1. The highest BCUT2D eigenvalue weighted by molar-refractivity contribution is 14.0. The molecule has 0 saturated heterocycles. The average molecular weight is 505 g/mol. The molecule has 2 aromatic carbocycles. The zero-order valence-electron chi connectivity index (χ0n) is 16.8. The summed E-state index contributed by atoms with van der Waals surface area (Å²) in [4.78, 5) is 4.45. The van der Waals surface area contributed by atoms with E-state index in [1.54, 1.807) is 7.11 Å². The number of rotatable bonds is 8. The van der Waals surface area contributed by atoms with Gasteiger partial charge in [0.05, 0.1) is 18.0 Å². The molecule has 0 amide bonds. The zero-order valence-corrected chi connectivity index (χ0v) is 19.2. The fourth-order valence-corrected chi connectivity index (χ4v) is 3.02. The summed E-state index contributed by atoms with van der Waals surface area (Å²) >= 11 is 0. The normalized spacial score (nSPS) is 11.2. The summed E-state index contributed by atoms with van der Waals surface area (Å²) in [5, 5.41) is 7.77. The van der Waals surface area contributed by atoms with Crippen LogP contribution in [0.3, 0.4) is 0 Å². The minimum atomic E-state index is 0. The number of aryl methyl sites for hydroxylation is 2. The maximum atomic E-state index is 6.04. The van der Waals surface area contributed by atoms with E-state index in [4.69, 9.17) is 10.5 Å². The van der Waals surface area contributed by atoms with E-state index in [0.717, 1.165) is 35.5 Å². The first kappa shape index (κ1) is 22.9. The second-order valence-electron chi connectivity index (χ2n) is 6.61. The van der Waals surface area contributed by atoms with Crippen molar-refractivity contribution in [2.75, 3.05) is 19.0 Å². The molecular formula is C22H28IN5O. The lowest BCUT2D eigenvalue weighted by molar-refractivity contribution is 0.185. The quantitative estimate of drug-likeness (QED) is 0.207. The van der Waals surface area contributed by atoms with Gasteiger partial charge in [0.1, 0.15) is 0 Å². The Morgan fingerprint density at radius 2 is 1.83 bits per heavy atom. The first-order valence-corrected chi connectivity index (χ1v) is 9.41. The third-order valence-electron chi connectivity index (χ3n) is 4.49. The monoisotopic (exact) mass is 505 g/mol. The molecule has 1 heterocycles. The molecule has 1 aromatic heterocycles. The number of methoxy groups -OCH3 is 1. The number of hydrogen-bond acceptors (Lipinski definition) is 3. The van der Waals surface area contributed by atoms with Gasteiger partial charge in [0, 0.05) is 31.1 Å². The fourth-order valence-electron chi connectivity index (χ4n) is 3.02. The summed E-state index contributed by atoms with van der Waals surface area (Å²) < 4.78 is 7.14. The summed E-state index contributed by atoms with van der Waals surface area (Å²) in [5.41, 5.74) is 11.4. The molecule has 0 bridgehead atoms. The zero-order chi connectivity index (χ0) is 19.8. The van der Waals surface area contributed by atoms with Gasteiger partial charge in [-0.05, 0) is 43.5 Å². The third-order valence-corrected chi connectivity index (χ3v) is 4.49. The predicted molar refractivity (Wildman–Crippen MR) is 129 cm³/mol. The van der Waals surface area contributed by atoms with Crippen molar-refractivity contribution in [3.8, 4) is 5.69 Å². The molecule has 0 saturated carbocycles. The van der Waals surface area contributed by atoms with Crippen LogP contribution in [0.2, 0.25) is 0 Å². The molecule has 0 atom stereocenters. The van der Waals surface area contributed by atoms with E-state index in [9.17, 15) is 0 Å². The van der Waals surface area contributed by atoms with Crippen LogP contribution in [0.1, 0.15) is 23.2 Å². The summed E-state index contributed by atoms with van der Waals surface area (Å²) in [6.07, 6.45) is 3.91. The lowest BCUT2D eigenvalue weighted by atomic mass is 10.1. The highest BCUT2D eigenvalue weighted by atomic mass is 127. The number of nitrogens with zero attached hydrogens (tertiary/aromatic N) is 3. The van der Waals surface area contributed by atoms with Crippen molar-refractivity contribution >= 4 is 35.6 Å². The lowest BCUT2D eigenvalue weighted by Crippen LogP contribution is -2.23. The van der Waals surface area contributed by atoms with Crippen LogP contribution in [-0.2, 0) is 17.8 Å². The molecule has 3 N–H and O–H groups in total. The van der Waals surface area contributed by atoms with Gasteiger partial charge in [0.2, 0.25) is 0 Å². The van der Waals surface area contributed by atoms with Crippen molar-refractivity contribution in [1.82, 2.24) is 9.78 Å². The maximum absolute atomic E-state index is 6.04. The number of aromatic nitrogens is 2. The molecule has 0 spiro atoms. The van der Waals surface area contributed by atoms with Gasteiger partial charge in [-0.15, -0.1) is 24.0 Å². The van der Waals surface area contributed by atoms with Gasteiger partial charge in [-0.25, -0.2) is 4.68 Å². The molecule has 0 unspecified atom stereocenters. The Hall–Kier alpha value is -2.39. The number of guanidine groups is 1. The number of hydrogen-bond donors (Lipinski definition) is 2. The average Bonchev–Trinajstić information content (AvgIpc) is 3.08. The van der Waals surface area contributed by atoms with Gasteiger partial charge in [-0.2, -0.15) is 5.10 Å². The smallest absolute Gasteiger partial charge is 0.193 e. The van der Waals surface area contributed by atoms with E-state index in [1.807, 2.05) is 66.2 Å². The molecule has 0 fully saturated rings. The Labute approximate surface area is 189 Å². The summed E-state index contributed by atoms with van der Waals surface area (Å²) in [7, 11) is 1.68. The lowest BCUT2D eigenvalue weighted by Gasteiger charge is -2.10. The molecule has 0 aliphatic rings. The van der Waals surface area contributed by atoms with Gasteiger partial charge in [-0.1, -0.05) is 36.4 Å². The highest BCUT2D eigenvalue weighted by Crippen LogP contribution is 2.16. The SMILES string of the molecule is COCc1ccccc1NC(N)=NCCCc1cn(-c2ccccc2)nc1C.I. The topological polar surface area (TPSA) is 77.5 Å². The first-order chi connectivity index (χ1) is 13.7. The van der Waals surface area contributed by atoms with Crippen LogP contribution in [0.25, 0.3) is 5.69 Å². The van der Waals surface area contributed by atoms with Crippen molar-refractivity contribution in [1.29, 1.82) is 0 Å². The highest BCUT2D eigenvalue weighted by Gasteiger charge is 2.06. The van der Waals surface area contributed by atoms with Gasteiger partial charge in [0.25, 0.3) is 0 Å². The third kappa shape index (κ3) is 6.57. The molecular weight excluding hydrogens is 477 g/mol. The number of ether oxygens (including phenoxy) is 1.